The molecule has 10 heteroatoms. The molecule has 3 aliphatic rings. The standard InChI is InChI=1S/C21H21FN6O3/c1-11-10-30-17-9-28-18-16(7-24-28)20(29)25-14-2-3-15(5-14)31-21-12(4-13(22)6-23-21)8-27(11)19(17)26-18/h4,6-7,9,11,14-15H,2-3,5,8,10H2,1H3,(H,25,29)/t11-,14+,15-/m1/s1. The van der Waals surface area contributed by atoms with Crippen molar-refractivity contribution >= 4 is 17.4 Å². The molecular weight excluding hydrogens is 403 g/mol. The Morgan fingerprint density at radius 2 is 2.19 bits per heavy atom. The van der Waals surface area contributed by atoms with Gasteiger partial charge in [-0.15, -0.1) is 0 Å². The van der Waals surface area contributed by atoms with Crippen LogP contribution in [-0.2, 0) is 6.54 Å². The molecule has 6 rings (SSSR count). The summed E-state index contributed by atoms with van der Waals surface area (Å²) >= 11 is 0. The molecule has 0 spiro atoms. The summed E-state index contributed by atoms with van der Waals surface area (Å²) in [6, 6.07) is 1.42. The van der Waals surface area contributed by atoms with E-state index < -0.39 is 5.82 Å². The normalized spacial score (nSPS) is 24.9. The van der Waals surface area contributed by atoms with E-state index in [9.17, 15) is 9.18 Å². The Bertz CT molecular complexity index is 1200. The summed E-state index contributed by atoms with van der Waals surface area (Å²) in [6.07, 6.45) is 6.59. The zero-order chi connectivity index (χ0) is 21.1. The topological polar surface area (TPSA) is 93.9 Å². The van der Waals surface area contributed by atoms with Crippen LogP contribution >= 0.6 is 0 Å². The van der Waals surface area contributed by atoms with E-state index in [-0.39, 0.29) is 24.1 Å². The van der Waals surface area contributed by atoms with Crippen molar-refractivity contribution in [3.63, 3.8) is 0 Å². The Balaban J connectivity index is 1.53. The van der Waals surface area contributed by atoms with Crippen LogP contribution < -0.4 is 19.7 Å². The number of ether oxygens (including phenoxy) is 2. The molecule has 1 amide bonds. The lowest BCUT2D eigenvalue weighted by molar-refractivity contribution is 0.0936. The van der Waals surface area contributed by atoms with Crippen LogP contribution in [-0.4, -0.2) is 50.3 Å². The highest BCUT2D eigenvalue weighted by Crippen LogP contribution is 2.36. The van der Waals surface area contributed by atoms with Crippen molar-refractivity contribution in [3.05, 3.63) is 41.6 Å². The Hall–Kier alpha value is -3.43. The summed E-state index contributed by atoms with van der Waals surface area (Å²) < 4.78 is 27.7. The van der Waals surface area contributed by atoms with E-state index in [0.29, 0.717) is 53.8 Å². The molecule has 1 saturated carbocycles. The van der Waals surface area contributed by atoms with Gasteiger partial charge in [0.15, 0.2) is 17.2 Å². The van der Waals surface area contributed by atoms with E-state index in [0.717, 1.165) is 12.8 Å². The molecule has 5 heterocycles. The van der Waals surface area contributed by atoms with Crippen molar-refractivity contribution in [2.75, 3.05) is 11.5 Å². The zero-order valence-electron chi connectivity index (χ0n) is 16.9. The van der Waals surface area contributed by atoms with E-state index in [1.807, 2.05) is 11.8 Å². The largest absolute Gasteiger partial charge is 0.486 e. The van der Waals surface area contributed by atoms with E-state index in [4.69, 9.17) is 14.5 Å². The molecule has 3 aromatic rings. The van der Waals surface area contributed by atoms with Gasteiger partial charge in [0.05, 0.1) is 31.2 Å². The second-order valence-electron chi connectivity index (χ2n) is 8.38. The summed E-state index contributed by atoms with van der Waals surface area (Å²) in [5.41, 5.74) is 1.52. The lowest BCUT2D eigenvalue weighted by Gasteiger charge is -2.36. The summed E-state index contributed by atoms with van der Waals surface area (Å²) in [4.78, 5) is 24.0. The van der Waals surface area contributed by atoms with Gasteiger partial charge in [-0.2, -0.15) is 5.10 Å². The maximum Gasteiger partial charge on any atom is 0.256 e. The van der Waals surface area contributed by atoms with Crippen LogP contribution in [0.15, 0.2) is 24.7 Å². The van der Waals surface area contributed by atoms with Crippen molar-refractivity contribution in [2.24, 2.45) is 0 Å². The molecule has 1 N–H and O–H groups in total. The average molecular weight is 424 g/mol. The highest BCUT2D eigenvalue weighted by molar-refractivity contribution is 6.00. The number of nitrogens with one attached hydrogen (secondary N) is 1. The molecule has 3 aromatic heterocycles. The van der Waals surface area contributed by atoms with Gasteiger partial charge in [0.2, 0.25) is 5.88 Å². The molecule has 3 atom stereocenters. The van der Waals surface area contributed by atoms with Crippen LogP contribution in [0.1, 0.15) is 42.1 Å². The number of anilines is 1. The van der Waals surface area contributed by atoms with E-state index in [1.54, 1.807) is 10.7 Å². The molecular formula is C21H21FN6O3. The van der Waals surface area contributed by atoms with Gasteiger partial charge in [0.25, 0.3) is 5.91 Å². The molecule has 1 fully saturated rings. The fraction of sp³-hybridized carbons (Fsp3) is 0.429. The predicted molar refractivity (Wildman–Crippen MR) is 108 cm³/mol. The van der Waals surface area contributed by atoms with Crippen LogP contribution in [0.4, 0.5) is 10.2 Å². The highest BCUT2D eigenvalue weighted by atomic mass is 19.1. The van der Waals surface area contributed by atoms with Crippen LogP contribution in [0.3, 0.4) is 0 Å². The number of amides is 1. The second kappa shape index (κ2) is 6.79. The average Bonchev–Trinajstić information content (AvgIpc) is 3.36. The number of fused-ring (bicyclic) bond motifs is 3. The SMILES string of the molecule is C[C@@H]1COc2cn3ncc4c3nc2N1Cc1cc(F)cnc1O[C@@H]1CC[C@@H](C1)NC4=O. The molecule has 0 unspecified atom stereocenters. The quantitative estimate of drug-likeness (QED) is 0.591. The van der Waals surface area contributed by atoms with Gasteiger partial charge in [0, 0.05) is 18.0 Å². The number of aromatic nitrogens is 4. The molecule has 1 aliphatic carbocycles. The Morgan fingerprint density at radius 1 is 1.29 bits per heavy atom. The second-order valence-corrected chi connectivity index (χ2v) is 8.38. The Kier molecular flexibility index (Phi) is 4.02. The van der Waals surface area contributed by atoms with E-state index in [1.165, 1.54) is 18.5 Å². The van der Waals surface area contributed by atoms with Crippen molar-refractivity contribution in [2.45, 2.75) is 50.9 Å². The first kappa shape index (κ1) is 18.3. The summed E-state index contributed by atoms with van der Waals surface area (Å²) in [5, 5.41) is 7.37. The van der Waals surface area contributed by atoms with Gasteiger partial charge < -0.3 is 19.7 Å². The zero-order valence-corrected chi connectivity index (χ0v) is 16.9. The van der Waals surface area contributed by atoms with E-state index >= 15 is 0 Å². The molecule has 4 bridgehead atoms. The fourth-order valence-corrected chi connectivity index (χ4v) is 4.56. The minimum absolute atomic E-state index is 0.0169. The minimum atomic E-state index is -0.414. The summed E-state index contributed by atoms with van der Waals surface area (Å²) in [5.74, 6) is 0.933. The van der Waals surface area contributed by atoms with Gasteiger partial charge in [-0.05, 0) is 25.8 Å². The smallest absolute Gasteiger partial charge is 0.256 e. The molecule has 31 heavy (non-hydrogen) atoms. The first-order valence-electron chi connectivity index (χ1n) is 10.4. The molecule has 2 aliphatic heterocycles. The fourth-order valence-electron chi connectivity index (χ4n) is 4.56. The highest BCUT2D eigenvalue weighted by Gasteiger charge is 2.33. The van der Waals surface area contributed by atoms with Crippen molar-refractivity contribution in [1.82, 2.24) is 24.9 Å². The van der Waals surface area contributed by atoms with Crippen molar-refractivity contribution < 1.29 is 18.7 Å². The maximum absolute atomic E-state index is 14.1. The van der Waals surface area contributed by atoms with Gasteiger partial charge in [-0.25, -0.2) is 18.9 Å². The van der Waals surface area contributed by atoms with Crippen LogP contribution in [0.5, 0.6) is 11.6 Å². The Labute approximate surface area is 177 Å². The summed E-state index contributed by atoms with van der Waals surface area (Å²) in [7, 11) is 0. The van der Waals surface area contributed by atoms with Crippen molar-refractivity contribution in [3.8, 4) is 11.6 Å². The number of carbonyl (C=O) groups is 1. The third-order valence-corrected chi connectivity index (χ3v) is 6.20. The predicted octanol–water partition coefficient (Wildman–Crippen LogP) is 2.09. The molecule has 0 saturated heterocycles. The van der Waals surface area contributed by atoms with E-state index in [2.05, 4.69) is 15.4 Å². The van der Waals surface area contributed by atoms with Crippen LogP contribution in [0.25, 0.3) is 5.65 Å². The first-order chi connectivity index (χ1) is 15.0. The van der Waals surface area contributed by atoms with Crippen LogP contribution in [0.2, 0.25) is 0 Å². The third-order valence-electron chi connectivity index (χ3n) is 6.20. The molecule has 0 radical (unpaired) electrons. The van der Waals surface area contributed by atoms with Crippen molar-refractivity contribution in [1.29, 1.82) is 0 Å². The van der Waals surface area contributed by atoms with Crippen LogP contribution in [0, 0.1) is 5.82 Å². The minimum Gasteiger partial charge on any atom is -0.486 e. The maximum atomic E-state index is 14.1. The number of nitrogens with zero attached hydrogens (tertiary/aromatic N) is 5. The molecule has 9 nitrogen and oxygen atoms in total. The lowest BCUT2D eigenvalue weighted by atomic mass is 10.1. The Morgan fingerprint density at radius 3 is 3.10 bits per heavy atom. The summed E-state index contributed by atoms with van der Waals surface area (Å²) in [6.45, 7) is 2.81. The van der Waals surface area contributed by atoms with Gasteiger partial charge >= 0.3 is 0 Å². The number of hydrogen-bond donors (Lipinski definition) is 1. The van der Waals surface area contributed by atoms with Gasteiger partial charge in [-0.1, -0.05) is 0 Å². The first-order valence-corrected chi connectivity index (χ1v) is 10.4. The molecule has 0 aromatic carbocycles. The monoisotopic (exact) mass is 424 g/mol. The number of rotatable bonds is 0. The van der Waals surface area contributed by atoms with Gasteiger partial charge in [-0.3, -0.25) is 4.79 Å². The lowest BCUT2D eigenvalue weighted by Crippen LogP contribution is -2.41. The van der Waals surface area contributed by atoms with Gasteiger partial charge in [0.1, 0.15) is 24.1 Å². The molecule has 160 valence electrons. The number of pyridine rings is 1. The third kappa shape index (κ3) is 3.05. The number of carbonyl (C=O) groups excluding carboxylic acids is 1. The number of hydrogen-bond acceptors (Lipinski definition) is 7. The number of halogens is 1.